The minimum Gasteiger partial charge on any atom is -0.396 e. The number of carbonyl (C=O) groups excluding carboxylic acids is 1. The summed E-state index contributed by atoms with van der Waals surface area (Å²) in [5.74, 6) is 0.228. The van der Waals surface area contributed by atoms with Gasteiger partial charge in [0.25, 0.3) is 0 Å². The van der Waals surface area contributed by atoms with Gasteiger partial charge in [0.05, 0.1) is 6.42 Å². The molecule has 0 spiro atoms. The molecule has 1 aromatic rings. The molecule has 1 aliphatic rings. The number of hydrogen-bond acceptors (Lipinski definition) is 2. The highest BCUT2D eigenvalue weighted by Crippen LogP contribution is 2.17. The van der Waals surface area contributed by atoms with E-state index in [2.05, 4.69) is 24.4 Å². The van der Waals surface area contributed by atoms with Gasteiger partial charge in [0, 0.05) is 18.6 Å². The van der Waals surface area contributed by atoms with Crippen LogP contribution in [0.5, 0.6) is 0 Å². The molecule has 0 unspecified atom stereocenters. The molecule has 2 N–H and O–H groups in total. The van der Waals surface area contributed by atoms with E-state index in [0.717, 1.165) is 18.4 Å². The summed E-state index contributed by atoms with van der Waals surface area (Å²) in [7, 11) is 0. The maximum Gasteiger partial charge on any atom is 0.224 e. The summed E-state index contributed by atoms with van der Waals surface area (Å²) in [5.41, 5.74) is 2.32. The Morgan fingerprint density at radius 2 is 1.95 bits per heavy atom. The topological polar surface area (TPSA) is 49.3 Å². The van der Waals surface area contributed by atoms with Crippen molar-refractivity contribution in [3.63, 3.8) is 0 Å². The molecule has 0 heterocycles. The minimum atomic E-state index is 0.0393. The third-order valence-electron chi connectivity index (χ3n) is 3.55. The molecule has 3 nitrogen and oxygen atoms in total. The highest BCUT2D eigenvalue weighted by atomic mass is 16.3. The number of aliphatic hydroxyl groups is 1. The predicted molar refractivity (Wildman–Crippen MR) is 75.8 cm³/mol. The van der Waals surface area contributed by atoms with Gasteiger partial charge in [-0.3, -0.25) is 4.79 Å². The van der Waals surface area contributed by atoms with Gasteiger partial charge in [0.15, 0.2) is 0 Å². The molecule has 0 bridgehead atoms. The van der Waals surface area contributed by atoms with Gasteiger partial charge < -0.3 is 10.4 Å². The number of nitrogens with one attached hydrogen (secondary N) is 1. The smallest absolute Gasteiger partial charge is 0.224 e. The van der Waals surface area contributed by atoms with Crippen LogP contribution in [0.1, 0.15) is 24.5 Å². The van der Waals surface area contributed by atoms with Gasteiger partial charge in [0.2, 0.25) is 5.91 Å². The molecule has 19 heavy (non-hydrogen) atoms. The number of benzene rings is 1. The standard InChI is InChI=1S/C16H21NO2/c1-2-12-3-5-13(6-4-12)10-16(19)17-15-8-7-14(9-15)11-18/h3-8,14-15,18H,2,9-11H2,1H3,(H,17,19)/t14-,15+/m0/s1. The first-order valence-corrected chi connectivity index (χ1v) is 6.87. The number of aryl methyl sites for hydroxylation is 1. The lowest BCUT2D eigenvalue weighted by Crippen LogP contribution is -2.34. The van der Waals surface area contributed by atoms with Crippen molar-refractivity contribution in [1.82, 2.24) is 5.32 Å². The second-order valence-corrected chi connectivity index (χ2v) is 5.08. The Labute approximate surface area is 114 Å². The summed E-state index contributed by atoms with van der Waals surface area (Å²) >= 11 is 0. The largest absolute Gasteiger partial charge is 0.396 e. The van der Waals surface area contributed by atoms with Crippen LogP contribution in [0.15, 0.2) is 36.4 Å². The second kappa shape index (κ2) is 6.53. The summed E-state index contributed by atoms with van der Waals surface area (Å²) in [5, 5.41) is 12.0. The van der Waals surface area contributed by atoms with E-state index in [1.807, 2.05) is 24.3 Å². The highest BCUT2D eigenvalue weighted by molar-refractivity contribution is 5.79. The van der Waals surface area contributed by atoms with E-state index >= 15 is 0 Å². The number of carbonyl (C=O) groups is 1. The zero-order valence-corrected chi connectivity index (χ0v) is 11.3. The number of rotatable bonds is 5. The summed E-state index contributed by atoms with van der Waals surface area (Å²) in [6, 6.07) is 8.23. The average Bonchev–Trinajstić information content (AvgIpc) is 2.87. The average molecular weight is 259 g/mol. The maximum atomic E-state index is 11.9. The van der Waals surface area contributed by atoms with Crippen molar-refractivity contribution in [2.24, 2.45) is 5.92 Å². The van der Waals surface area contributed by atoms with Gasteiger partial charge >= 0.3 is 0 Å². The molecule has 0 aliphatic heterocycles. The fraction of sp³-hybridized carbons (Fsp3) is 0.438. The zero-order chi connectivity index (χ0) is 13.7. The first-order chi connectivity index (χ1) is 9.21. The van der Waals surface area contributed by atoms with Crippen molar-refractivity contribution in [3.8, 4) is 0 Å². The normalized spacial score (nSPS) is 21.6. The van der Waals surface area contributed by atoms with Crippen LogP contribution in [0.2, 0.25) is 0 Å². The van der Waals surface area contributed by atoms with Gasteiger partial charge in [-0.25, -0.2) is 0 Å². The van der Waals surface area contributed by atoms with Gasteiger partial charge in [-0.1, -0.05) is 43.3 Å². The molecule has 0 radical (unpaired) electrons. The number of aliphatic hydroxyl groups excluding tert-OH is 1. The molecular weight excluding hydrogens is 238 g/mol. The van der Waals surface area contributed by atoms with Crippen LogP contribution < -0.4 is 5.32 Å². The third-order valence-corrected chi connectivity index (χ3v) is 3.55. The van der Waals surface area contributed by atoms with Crippen LogP contribution in [-0.2, 0) is 17.6 Å². The van der Waals surface area contributed by atoms with Gasteiger partial charge in [-0.05, 0) is 24.0 Å². The Kier molecular flexibility index (Phi) is 4.74. The molecule has 0 saturated heterocycles. The van der Waals surface area contributed by atoms with E-state index in [4.69, 9.17) is 5.11 Å². The van der Waals surface area contributed by atoms with Crippen LogP contribution in [0.4, 0.5) is 0 Å². The molecule has 3 heteroatoms. The van der Waals surface area contributed by atoms with Crippen molar-refractivity contribution in [2.75, 3.05) is 6.61 Å². The van der Waals surface area contributed by atoms with E-state index in [-0.39, 0.29) is 24.5 Å². The van der Waals surface area contributed by atoms with Crippen molar-refractivity contribution in [1.29, 1.82) is 0 Å². The van der Waals surface area contributed by atoms with E-state index in [0.29, 0.717) is 6.42 Å². The van der Waals surface area contributed by atoms with Crippen LogP contribution in [-0.4, -0.2) is 23.7 Å². The molecule has 1 aromatic carbocycles. The monoisotopic (exact) mass is 259 g/mol. The fourth-order valence-electron chi connectivity index (χ4n) is 2.35. The van der Waals surface area contributed by atoms with Crippen molar-refractivity contribution in [3.05, 3.63) is 47.5 Å². The lowest BCUT2D eigenvalue weighted by atomic mass is 10.1. The van der Waals surface area contributed by atoms with Crippen LogP contribution >= 0.6 is 0 Å². The van der Waals surface area contributed by atoms with E-state index in [1.54, 1.807) is 0 Å². The Balaban J connectivity index is 1.82. The van der Waals surface area contributed by atoms with Crippen molar-refractivity contribution in [2.45, 2.75) is 32.2 Å². The first-order valence-electron chi connectivity index (χ1n) is 6.87. The molecule has 1 aliphatic carbocycles. The molecular formula is C16H21NO2. The first kappa shape index (κ1) is 13.8. The molecule has 2 rings (SSSR count). The molecule has 1 amide bonds. The maximum absolute atomic E-state index is 11.9. The SMILES string of the molecule is CCc1ccc(CC(=O)N[C@@H]2C=C[C@H](CO)C2)cc1. The van der Waals surface area contributed by atoms with E-state index in [1.165, 1.54) is 5.56 Å². The molecule has 102 valence electrons. The lowest BCUT2D eigenvalue weighted by molar-refractivity contribution is -0.120. The Hall–Kier alpha value is -1.61. The summed E-state index contributed by atoms with van der Waals surface area (Å²) in [6.07, 6.45) is 6.18. The Morgan fingerprint density at radius 3 is 2.53 bits per heavy atom. The zero-order valence-electron chi connectivity index (χ0n) is 11.3. The van der Waals surface area contributed by atoms with Crippen LogP contribution in [0.3, 0.4) is 0 Å². The highest BCUT2D eigenvalue weighted by Gasteiger charge is 2.19. The number of hydrogen-bond donors (Lipinski definition) is 2. The summed E-state index contributed by atoms with van der Waals surface area (Å²) in [6.45, 7) is 2.27. The summed E-state index contributed by atoms with van der Waals surface area (Å²) in [4.78, 5) is 11.9. The molecule has 0 saturated carbocycles. The lowest BCUT2D eigenvalue weighted by Gasteiger charge is -2.12. The van der Waals surface area contributed by atoms with Gasteiger partial charge in [0.1, 0.15) is 0 Å². The van der Waals surface area contributed by atoms with Crippen LogP contribution in [0, 0.1) is 5.92 Å². The Bertz CT molecular complexity index is 450. The van der Waals surface area contributed by atoms with Crippen molar-refractivity contribution < 1.29 is 9.90 Å². The molecule has 0 fully saturated rings. The van der Waals surface area contributed by atoms with Gasteiger partial charge in [-0.15, -0.1) is 0 Å². The molecule has 0 aromatic heterocycles. The number of amides is 1. The predicted octanol–water partition coefficient (Wildman–Crippen LogP) is 1.84. The quantitative estimate of drug-likeness (QED) is 0.793. The molecule has 2 atom stereocenters. The Morgan fingerprint density at radius 1 is 1.26 bits per heavy atom. The summed E-state index contributed by atoms with van der Waals surface area (Å²) < 4.78 is 0. The minimum absolute atomic E-state index is 0.0393. The van der Waals surface area contributed by atoms with Crippen LogP contribution in [0.25, 0.3) is 0 Å². The second-order valence-electron chi connectivity index (χ2n) is 5.08. The fourth-order valence-corrected chi connectivity index (χ4v) is 2.35. The van der Waals surface area contributed by atoms with E-state index in [9.17, 15) is 4.79 Å². The van der Waals surface area contributed by atoms with Gasteiger partial charge in [-0.2, -0.15) is 0 Å². The van der Waals surface area contributed by atoms with Crippen molar-refractivity contribution >= 4 is 5.91 Å². The third kappa shape index (κ3) is 3.93. The van der Waals surface area contributed by atoms with E-state index < -0.39 is 0 Å².